The van der Waals surface area contributed by atoms with E-state index in [1.54, 1.807) is 12.1 Å². The summed E-state index contributed by atoms with van der Waals surface area (Å²) in [6.07, 6.45) is 5.03. The molecule has 5 rings (SSSR count). The summed E-state index contributed by atoms with van der Waals surface area (Å²) in [6.45, 7) is 3.38. The van der Waals surface area contributed by atoms with Gasteiger partial charge in [-0.3, -0.25) is 0 Å². The van der Waals surface area contributed by atoms with E-state index < -0.39 is 10.0 Å². The van der Waals surface area contributed by atoms with Crippen molar-refractivity contribution < 1.29 is 8.42 Å². The van der Waals surface area contributed by atoms with Crippen LogP contribution in [-0.4, -0.2) is 31.5 Å². The minimum Gasteiger partial charge on any atom is -0.354 e. The fraction of sp³-hybridized carbons (Fsp3) is 0.333. The second-order valence-electron chi connectivity index (χ2n) is 10.2. The molecule has 0 saturated heterocycles. The van der Waals surface area contributed by atoms with Gasteiger partial charge in [0.1, 0.15) is 5.82 Å². The Morgan fingerprint density at radius 1 is 0.846 bits per heavy atom. The number of hydrogen-bond acceptors (Lipinski definition) is 6. The molecule has 4 aromatic rings. The second kappa shape index (κ2) is 12.3. The van der Waals surface area contributed by atoms with E-state index in [0.29, 0.717) is 29.4 Å². The molecule has 1 aliphatic rings. The van der Waals surface area contributed by atoms with E-state index in [-0.39, 0.29) is 4.90 Å². The Bertz CT molecular complexity index is 1500. The molecule has 1 aliphatic carbocycles. The maximum Gasteiger partial charge on any atom is 0.240 e. The van der Waals surface area contributed by atoms with Crippen LogP contribution in [0.1, 0.15) is 38.2 Å². The number of aromatic nitrogens is 2. The summed E-state index contributed by atoms with van der Waals surface area (Å²) in [5.41, 5.74) is 3.18. The Kier molecular flexibility index (Phi) is 8.65. The first-order chi connectivity index (χ1) is 18.9. The number of para-hydroxylation sites is 1. The standard InChI is InChI=1S/C30H34ClN5O2S/c1-2-21-11-15-25(16-12-21)34-29-27-5-3-4-6-28(27)35-30(36-29)32-19-22-7-9-23(10-8-22)20-33-39(37,38)26-17-13-24(31)14-18-26/h3-6,11-18,22-23,33H,2,7-10,19-20H2,1H3,(H2,32,34,35,36)/t22-,23-. The molecule has 1 fully saturated rings. The Labute approximate surface area is 235 Å². The minimum absolute atomic E-state index is 0.243. The SMILES string of the molecule is CCc1ccc(Nc2nc(NC[C@H]3CC[C@H](CNS(=O)(=O)c4ccc(Cl)cc4)CC3)nc3ccccc23)cc1. The van der Waals surface area contributed by atoms with E-state index in [0.717, 1.165) is 61.1 Å². The van der Waals surface area contributed by atoms with Crippen molar-refractivity contribution in [2.24, 2.45) is 11.8 Å². The minimum atomic E-state index is -3.53. The highest BCUT2D eigenvalue weighted by Crippen LogP contribution is 2.30. The highest BCUT2D eigenvalue weighted by Gasteiger charge is 2.23. The number of fused-ring (bicyclic) bond motifs is 1. The number of nitrogens with zero attached hydrogens (tertiary/aromatic N) is 2. The van der Waals surface area contributed by atoms with Gasteiger partial charge in [0.2, 0.25) is 16.0 Å². The Morgan fingerprint density at radius 3 is 2.21 bits per heavy atom. The number of nitrogens with one attached hydrogen (secondary N) is 3. The van der Waals surface area contributed by atoms with Crippen molar-refractivity contribution in [2.45, 2.75) is 43.9 Å². The van der Waals surface area contributed by atoms with E-state index in [2.05, 4.69) is 46.5 Å². The molecule has 7 nitrogen and oxygen atoms in total. The molecule has 0 unspecified atom stereocenters. The smallest absolute Gasteiger partial charge is 0.240 e. The van der Waals surface area contributed by atoms with Crippen molar-refractivity contribution in [3.63, 3.8) is 0 Å². The first kappa shape index (κ1) is 27.4. The molecule has 0 bridgehead atoms. The second-order valence-corrected chi connectivity index (χ2v) is 12.4. The van der Waals surface area contributed by atoms with E-state index in [4.69, 9.17) is 21.6 Å². The Balaban J connectivity index is 1.16. The van der Waals surface area contributed by atoms with Gasteiger partial charge in [-0.1, -0.05) is 42.8 Å². The number of benzene rings is 3. The number of sulfonamides is 1. The van der Waals surface area contributed by atoms with Crippen molar-refractivity contribution in [1.29, 1.82) is 0 Å². The van der Waals surface area contributed by atoms with Crippen LogP contribution in [0.15, 0.2) is 77.7 Å². The zero-order valence-electron chi connectivity index (χ0n) is 22.0. The van der Waals surface area contributed by atoms with Crippen LogP contribution in [0.2, 0.25) is 5.02 Å². The quantitative estimate of drug-likeness (QED) is 0.197. The number of anilines is 3. The number of rotatable bonds is 10. The summed E-state index contributed by atoms with van der Waals surface area (Å²) >= 11 is 5.88. The predicted octanol–water partition coefficient (Wildman–Crippen LogP) is 6.79. The molecule has 3 aromatic carbocycles. The van der Waals surface area contributed by atoms with Gasteiger partial charge < -0.3 is 10.6 Å². The third-order valence-corrected chi connectivity index (χ3v) is 9.12. The molecule has 1 saturated carbocycles. The predicted molar refractivity (Wildman–Crippen MR) is 159 cm³/mol. The average Bonchev–Trinajstić information content (AvgIpc) is 2.96. The van der Waals surface area contributed by atoms with E-state index in [1.165, 1.54) is 17.7 Å². The van der Waals surface area contributed by atoms with Gasteiger partial charge in [0.15, 0.2) is 0 Å². The molecule has 0 atom stereocenters. The Hall–Kier alpha value is -3.20. The van der Waals surface area contributed by atoms with Crippen LogP contribution < -0.4 is 15.4 Å². The van der Waals surface area contributed by atoms with Gasteiger partial charge in [0.25, 0.3) is 0 Å². The molecule has 9 heteroatoms. The van der Waals surface area contributed by atoms with Crippen LogP contribution in [-0.2, 0) is 16.4 Å². The molecule has 0 spiro atoms. The molecule has 0 radical (unpaired) electrons. The van der Waals surface area contributed by atoms with Gasteiger partial charge >= 0.3 is 0 Å². The molecule has 1 heterocycles. The van der Waals surface area contributed by atoms with Crippen LogP contribution in [0.5, 0.6) is 0 Å². The maximum atomic E-state index is 12.6. The van der Waals surface area contributed by atoms with E-state index in [9.17, 15) is 8.42 Å². The van der Waals surface area contributed by atoms with Crippen molar-refractivity contribution >= 4 is 50.0 Å². The molecule has 3 N–H and O–H groups in total. The lowest BCUT2D eigenvalue weighted by Gasteiger charge is -2.28. The number of halogens is 1. The third kappa shape index (κ3) is 7.06. The van der Waals surface area contributed by atoms with Crippen LogP contribution in [0.25, 0.3) is 10.9 Å². The van der Waals surface area contributed by atoms with Gasteiger partial charge in [-0.15, -0.1) is 0 Å². The summed E-state index contributed by atoms with van der Waals surface area (Å²) in [6, 6.07) is 22.7. The number of aryl methyl sites for hydroxylation is 1. The van der Waals surface area contributed by atoms with Gasteiger partial charge in [0.05, 0.1) is 10.4 Å². The molecule has 204 valence electrons. The summed E-state index contributed by atoms with van der Waals surface area (Å²) in [5.74, 6) is 2.21. The lowest BCUT2D eigenvalue weighted by molar-refractivity contribution is 0.284. The summed E-state index contributed by atoms with van der Waals surface area (Å²) in [5, 5.41) is 8.43. The van der Waals surface area contributed by atoms with Crippen LogP contribution in [0, 0.1) is 11.8 Å². The van der Waals surface area contributed by atoms with Crippen LogP contribution in [0.3, 0.4) is 0 Å². The first-order valence-electron chi connectivity index (χ1n) is 13.5. The lowest BCUT2D eigenvalue weighted by atomic mass is 9.82. The number of hydrogen-bond donors (Lipinski definition) is 3. The summed E-state index contributed by atoms with van der Waals surface area (Å²) in [4.78, 5) is 9.80. The molecule has 39 heavy (non-hydrogen) atoms. The van der Waals surface area contributed by atoms with Crippen LogP contribution >= 0.6 is 11.6 Å². The third-order valence-electron chi connectivity index (χ3n) is 7.43. The summed E-state index contributed by atoms with van der Waals surface area (Å²) in [7, 11) is -3.53. The molecule has 1 aromatic heterocycles. The average molecular weight is 564 g/mol. The monoisotopic (exact) mass is 563 g/mol. The highest BCUT2D eigenvalue weighted by atomic mass is 35.5. The fourth-order valence-electron chi connectivity index (χ4n) is 5.01. The summed E-state index contributed by atoms with van der Waals surface area (Å²) < 4.78 is 28.0. The largest absolute Gasteiger partial charge is 0.354 e. The zero-order chi connectivity index (χ0) is 27.2. The molecular weight excluding hydrogens is 530 g/mol. The van der Waals surface area contributed by atoms with Crippen LogP contribution in [0.4, 0.5) is 17.5 Å². The van der Waals surface area contributed by atoms with Gasteiger partial charge in [-0.05, 0) is 98.0 Å². The zero-order valence-corrected chi connectivity index (χ0v) is 23.6. The van der Waals surface area contributed by atoms with E-state index >= 15 is 0 Å². The normalized spacial score (nSPS) is 17.7. The van der Waals surface area contributed by atoms with Crippen molar-refractivity contribution in [2.75, 3.05) is 23.7 Å². The molecule has 0 amide bonds. The first-order valence-corrected chi connectivity index (χ1v) is 15.4. The van der Waals surface area contributed by atoms with Crippen molar-refractivity contribution in [3.8, 4) is 0 Å². The van der Waals surface area contributed by atoms with Gasteiger partial charge in [-0.25, -0.2) is 18.1 Å². The Morgan fingerprint density at radius 2 is 1.51 bits per heavy atom. The van der Waals surface area contributed by atoms with Crippen molar-refractivity contribution in [3.05, 3.63) is 83.4 Å². The molecule has 0 aliphatic heterocycles. The highest BCUT2D eigenvalue weighted by molar-refractivity contribution is 7.89. The maximum absolute atomic E-state index is 12.6. The topological polar surface area (TPSA) is 96.0 Å². The van der Waals surface area contributed by atoms with Gasteiger partial charge in [0, 0.05) is 29.2 Å². The van der Waals surface area contributed by atoms with E-state index in [1.807, 2.05) is 24.3 Å². The fourth-order valence-corrected chi connectivity index (χ4v) is 6.25. The van der Waals surface area contributed by atoms with Crippen molar-refractivity contribution in [1.82, 2.24) is 14.7 Å². The molecular formula is C30H34ClN5O2S. The van der Waals surface area contributed by atoms with Gasteiger partial charge in [-0.2, -0.15) is 4.98 Å². The lowest BCUT2D eigenvalue weighted by Crippen LogP contribution is -2.32.